The first kappa shape index (κ1) is 24.7. The first-order valence-corrected chi connectivity index (χ1v) is 12.8. The van der Waals surface area contributed by atoms with E-state index >= 15 is 0 Å². The van der Waals surface area contributed by atoms with Crippen LogP contribution in [0.4, 0.5) is 5.69 Å². The minimum Gasteiger partial charge on any atom is -0.496 e. The Morgan fingerprint density at radius 2 is 1.58 bits per heavy atom. The van der Waals surface area contributed by atoms with E-state index in [9.17, 15) is 0 Å². The van der Waals surface area contributed by atoms with Crippen LogP contribution in [0.5, 0.6) is 17.4 Å². The van der Waals surface area contributed by atoms with Crippen LogP contribution >= 0.6 is 0 Å². The molecule has 1 aliphatic heterocycles. The summed E-state index contributed by atoms with van der Waals surface area (Å²) >= 11 is 0. The molecule has 8 nitrogen and oxygen atoms in total. The smallest absolute Gasteiger partial charge is 0.257 e. The number of rotatable bonds is 11. The Labute approximate surface area is 213 Å². The fourth-order valence-corrected chi connectivity index (χ4v) is 5.24. The van der Waals surface area contributed by atoms with Gasteiger partial charge in [-0.15, -0.1) is 5.10 Å². The van der Waals surface area contributed by atoms with E-state index in [-0.39, 0.29) is 0 Å². The zero-order valence-corrected chi connectivity index (χ0v) is 21.8. The minimum atomic E-state index is 0.472. The maximum Gasteiger partial charge on any atom is 0.257 e. The second kappa shape index (κ2) is 11.0. The van der Waals surface area contributed by atoms with Gasteiger partial charge >= 0.3 is 0 Å². The quantitative estimate of drug-likeness (QED) is 0.378. The van der Waals surface area contributed by atoms with E-state index in [0.29, 0.717) is 29.9 Å². The molecule has 0 amide bonds. The Hall–Kier alpha value is -2.97. The second-order valence-corrected chi connectivity index (χ2v) is 9.78. The van der Waals surface area contributed by atoms with Crippen LogP contribution in [0.15, 0.2) is 30.3 Å². The predicted molar refractivity (Wildman–Crippen MR) is 139 cm³/mol. The van der Waals surface area contributed by atoms with Crippen LogP contribution in [0.1, 0.15) is 31.2 Å². The Morgan fingerprint density at radius 1 is 0.917 bits per heavy atom. The Morgan fingerprint density at radius 3 is 2.17 bits per heavy atom. The Balaban J connectivity index is 1.63. The van der Waals surface area contributed by atoms with Crippen molar-refractivity contribution in [2.45, 2.75) is 32.3 Å². The fourth-order valence-electron chi connectivity index (χ4n) is 5.24. The first-order valence-electron chi connectivity index (χ1n) is 12.8. The van der Waals surface area contributed by atoms with Crippen molar-refractivity contribution in [3.63, 3.8) is 0 Å². The first-order chi connectivity index (χ1) is 17.7. The van der Waals surface area contributed by atoms with Crippen LogP contribution in [-0.4, -0.2) is 64.4 Å². The Bertz CT molecular complexity index is 1160. The van der Waals surface area contributed by atoms with Crippen molar-refractivity contribution in [3.8, 4) is 28.6 Å². The monoisotopic (exact) mass is 495 g/mol. The molecule has 0 bridgehead atoms. The molecule has 2 fully saturated rings. The SMILES string of the molecule is COCc1cc(OC)c(-c2cccc3c(N(CC4CCOCC4)CC4CC4)c(OC)nn23)c(OC)c1. The van der Waals surface area contributed by atoms with Crippen molar-refractivity contribution in [3.05, 3.63) is 35.9 Å². The van der Waals surface area contributed by atoms with Crippen molar-refractivity contribution in [2.24, 2.45) is 11.8 Å². The molecule has 3 aromatic rings. The van der Waals surface area contributed by atoms with Crippen LogP contribution in [-0.2, 0) is 16.1 Å². The third-order valence-electron chi connectivity index (χ3n) is 7.24. The number of benzene rings is 1. The normalized spacial score (nSPS) is 16.3. The van der Waals surface area contributed by atoms with Crippen LogP contribution < -0.4 is 19.1 Å². The number of methoxy groups -OCH3 is 4. The summed E-state index contributed by atoms with van der Waals surface area (Å²) in [5.41, 5.74) is 4.79. The van der Waals surface area contributed by atoms with Gasteiger partial charge in [0.05, 0.1) is 44.7 Å². The zero-order valence-electron chi connectivity index (χ0n) is 21.8. The summed E-state index contributed by atoms with van der Waals surface area (Å²) in [6.07, 6.45) is 4.77. The van der Waals surface area contributed by atoms with E-state index in [0.717, 1.165) is 73.1 Å². The van der Waals surface area contributed by atoms with E-state index < -0.39 is 0 Å². The largest absolute Gasteiger partial charge is 0.496 e. The maximum atomic E-state index is 5.88. The summed E-state index contributed by atoms with van der Waals surface area (Å²) in [7, 11) is 6.74. The molecule has 0 radical (unpaired) electrons. The number of anilines is 1. The van der Waals surface area contributed by atoms with Crippen molar-refractivity contribution in [1.82, 2.24) is 9.61 Å². The third kappa shape index (κ3) is 4.97. The topological polar surface area (TPSA) is 66.7 Å². The maximum absolute atomic E-state index is 5.88. The summed E-state index contributed by atoms with van der Waals surface area (Å²) in [4.78, 5) is 2.51. The second-order valence-electron chi connectivity index (χ2n) is 9.78. The van der Waals surface area contributed by atoms with Crippen LogP contribution in [0, 0.1) is 11.8 Å². The summed E-state index contributed by atoms with van der Waals surface area (Å²) in [6.45, 7) is 4.17. The molecule has 0 unspecified atom stereocenters. The molecule has 1 aromatic carbocycles. The number of hydrogen-bond acceptors (Lipinski definition) is 7. The average Bonchev–Trinajstić information content (AvgIpc) is 3.64. The standard InChI is InChI=1S/C28H37N3O5/c1-32-18-21-14-24(33-2)26(25(15-21)34-3)22-6-5-7-23-27(28(35-4)29-31(22)23)30(16-19-8-9-19)17-20-10-12-36-13-11-20/h5-7,14-15,19-20H,8-13,16-18H2,1-4H3. The molecule has 1 aliphatic carbocycles. The number of hydrogen-bond donors (Lipinski definition) is 0. The third-order valence-corrected chi connectivity index (χ3v) is 7.24. The van der Waals surface area contributed by atoms with Crippen molar-refractivity contribution < 1.29 is 23.7 Å². The zero-order chi connectivity index (χ0) is 25.1. The lowest BCUT2D eigenvalue weighted by atomic mass is 9.99. The molecule has 194 valence electrons. The van der Waals surface area contributed by atoms with Crippen LogP contribution in [0.3, 0.4) is 0 Å². The minimum absolute atomic E-state index is 0.472. The molecule has 3 heterocycles. The molecule has 1 saturated carbocycles. The Kier molecular flexibility index (Phi) is 7.53. The molecule has 0 spiro atoms. The van der Waals surface area contributed by atoms with Gasteiger partial charge in [-0.3, -0.25) is 0 Å². The van der Waals surface area contributed by atoms with Gasteiger partial charge in [-0.25, -0.2) is 4.52 Å². The molecule has 8 heteroatoms. The van der Waals surface area contributed by atoms with Crippen molar-refractivity contribution in [2.75, 3.05) is 59.6 Å². The molecular formula is C28H37N3O5. The summed E-state index contributed by atoms with van der Waals surface area (Å²) in [5.74, 6) is 3.41. The van der Waals surface area contributed by atoms with Crippen molar-refractivity contribution in [1.29, 1.82) is 0 Å². The summed E-state index contributed by atoms with van der Waals surface area (Å²) in [6, 6.07) is 10.2. The summed E-state index contributed by atoms with van der Waals surface area (Å²) < 4.78 is 30.5. The highest BCUT2D eigenvalue weighted by Crippen LogP contribution is 2.43. The van der Waals surface area contributed by atoms with E-state index in [1.54, 1.807) is 28.4 Å². The molecule has 1 saturated heterocycles. The number of nitrogens with zero attached hydrogens (tertiary/aromatic N) is 3. The molecule has 2 aliphatic rings. The molecule has 5 rings (SSSR count). The van der Waals surface area contributed by atoms with Crippen molar-refractivity contribution >= 4 is 11.2 Å². The van der Waals surface area contributed by atoms with Gasteiger partial charge in [-0.2, -0.15) is 0 Å². The molecular weight excluding hydrogens is 458 g/mol. The summed E-state index contributed by atoms with van der Waals surface area (Å²) in [5, 5.41) is 4.95. The number of ether oxygens (including phenoxy) is 5. The van der Waals surface area contributed by atoms with E-state index in [1.165, 1.54) is 12.8 Å². The highest BCUT2D eigenvalue weighted by atomic mass is 16.5. The van der Waals surface area contributed by atoms with Gasteiger partial charge in [0.2, 0.25) is 0 Å². The average molecular weight is 496 g/mol. The van der Waals surface area contributed by atoms with Crippen LogP contribution in [0.2, 0.25) is 0 Å². The van der Waals surface area contributed by atoms with Crippen LogP contribution in [0.25, 0.3) is 16.8 Å². The molecule has 2 aromatic heterocycles. The van der Waals surface area contributed by atoms with Gasteiger partial charge in [0.15, 0.2) is 0 Å². The predicted octanol–water partition coefficient (Wildman–Crippen LogP) is 4.82. The lowest BCUT2D eigenvalue weighted by molar-refractivity contribution is 0.0681. The highest BCUT2D eigenvalue weighted by molar-refractivity contribution is 5.84. The van der Waals surface area contributed by atoms with E-state index in [2.05, 4.69) is 17.0 Å². The molecule has 0 N–H and O–H groups in total. The number of fused-ring (bicyclic) bond motifs is 1. The van der Waals surface area contributed by atoms with E-state index in [4.69, 9.17) is 28.8 Å². The number of pyridine rings is 1. The highest BCUT2D eigenvalue weighted by Gasteiger charge is 2.31. The lowest BCUT2D eigenvalue weighted by Gasteiger charge is -2.31. The van der Waals surface area contributed by atoms with Gasteiger partial charge in [-0.05, 0) is 67.3 Å². The van der Waals surface area contributed by atoms with Gasteiger partial charge < -0.3 is 28.6 Å². The van der Waals surface area contributed by atoms with Gasteiger partial charge in [0, 0.05) is 33.4 Å². The lowest BCUT2D eigenvalue weighted by Crippen LogP contribution is -2.34. The van der Waals surface area contributed by atoms with E-state index in [1.807, 2.05) is 22.7 Å². The van der Waals surface area contributed by atoms with Gasteiger partial charge in [0.1, 0.15) is 17.2 Å². The molecule has 0 atom stereocenters. The number of aromatic nitrogens is 2. The van der Waals surface area contributed by atoms with Gasteiger partial charge in [0.25, 0.3) is 5.88 Å². The fraction of sp³-hybridized carbons (Fsp3) is 0.536. The van der Waals surface area contributed by atoms with Gasteiger partial charge in [-0.1, -0.05) is 6.07 Å². The molecule has 36 heavy (non-hydrogen) atoms.